The number of nitrogens with one attached hydrogen (secondary N) is 2. The van der Waals surface area contributed by atoms with Crippen LogP contribution in [0.3, 0.4) is 0 Å². The summed E-state index contributed by atoms with van der Waals surface area (Å²) in [5.41, 5.74) is 5.32. The summed E-state index contributed by atoms with van der Waals surface area (Å²) >= 11 is 0. The average Bonchev–Trinajstić information content (AvgIpc) is 3.14. The lowest BCUT2D eigenvalue weighted by Crippen LogP contribution is -2.37. The van der Waals surface area contributed by atoms with Gasteiger partial charge in [0.25, 0.3) is 0 Å². The molecule has 2 heterocycles. The molecule has 0 fully saturated rings. The van der Waals surface area contributed by atoms with E-state index in [4.69, 9.17) is 14.5 Å². The highest BCUT2D eigenvalue weighted by Gasteiger charge is 2.09. The van der Waals surface area contributed by atoms with E-state index in [0.29, 0.717) is 32.2 Å². The Morgan fingerprint density at radius 3 is 2.58 bits per heavy atom. The third-order valence-electron chi connectivity index (χ3n) is 4.77. The van der Waals surface area contributed by atoms with E-state index in [0.717, 1.165) is 40.7 Å². The number of aromatic nitrogens is 3. The average molecular weight is 564 g/mol. The molecule has 8 nitrogen and oxygen atoms in total. The van der Waals surface area contributed by atoms with Crippen LogP contribution in [0.4, 0.5) is 0 Å². The first-order valence-corrected chi connectivity index (χ1v) is 10.8. The van der Waals surface area contributed by atoms with Gasteiger partial charge in [-0.3, -0.25) is 0 Å². The maximum Gasteiger partial charge on any atom is 0.213 e. The minimum atomic E-state index is 0. The van der Waals surface area contributed by atoms with Gasteiger partial charge in [-0.05, 0) is 44.0 Å². The third-order valence-corrected chi connectivity index (χ3v) is 4.77. The number of guanidine groups is 1. The lowest BCUT2D eigenvalue weighted by molar-refractivity contribution is 0.143. The molecule has 0 radical (unpaired) electrons. The number of pyridine rings is 1. The van der Waals surface area contributed by atoms with Crippen LogP contribution in [-0.4, -0.2) is 47.6 Å². The quantitative estimate of drug-likeness (QED) is 0.169. The van der Waals surface area contributed by atoms with Gasteiger partial charge in [0.15, 0.2) is 5.96 Å². The topological polar surface area (TPSA) is 85.6 Å². The number of para-hydroxylation sites is 1. The van der Waals surface area contributed by atoms with Gasteiger partial charge in [-0.15, -0.1) is 24.0 Å². The van der Waals surface area contributed by atoms with Crippen LogP contribution in [0.15, 0.2) is 53.7 Å². The smallest absolute Gasteiger partial charge is 0.213 e. The molecule has 2 N–H and O–H groups in total. The number of halogens is 1. The zero-order valence-electron chi connectivity index (χ0n) is 19.7. The van der Waals surface area contributed by atoms with Gasteiger partial charge in [0.2, 0.25) is 5.88 Å². The molecule has 0 unspecified atom stereocenters. The molecule has 0 aliphatic heterocycles. The van der Waals surface area contributed by atoms with Crippen molar-refractivity contribution in [2.75, 3.05) is 26.9 Å². The normalized spacial score (nSPS) is 11.1. The second kappa shape index (κ2) is 13.8. The molecule has 0 spiro atoms. The van der Waals surface area contributed by atoms with Crippen molar-refractivity contribution in [3.8, 4) is 11.6 Å². The summed E-state index contributed by atoms with van der Waals surface area (Å²) in [6, 6.07) is 14.2. The van der Waals surface area contributed by atoms with Crippen molar-refractivity contribution < 1.29 is 9.47 Å². The maximum absolute atomic E-state index is 5.51. The molecule has 2 aromatic heterocycles. The van der Waals surface area contributed by atoms with Crippen LogP contribution < -0.4 is 15.4 Å². The van der Waals surface area contributed by atoms with Gasteiger partial charge >= 0.3 is 0 Å². The molecule has 0 atom stereocenters. The highest BCUT2D eigenvalue weighted by Crippen LogP contribution is 2.17. The molecule has 0 aliphatic carbocycles. The number of methoxy groups -OCH3 is 1. The molecular formula is C24H33IN6O2. The molecule has 3 rings (SSSR count). The maximum atomic E-state index is 5.51. The zero-order chi connectivity index (χ0) is 22.8. The van der Waals surface area contributed by atoms with Crippen molar-refractivity contribution in [2.24, 2.45) is 4.99 Å². The van der Waals surface area contributed by atoms with Crippen LogP contribution in [0, 0.1) is 13.8 Å². The van der Waals surface area contributed by atoms with Crippen molar-refractivity contribution in [3.05, 3.63) is 71.2 Å². The second-order valence-corrected chi connectivity index (χ2v) is 7.36. The van der Waals surface area contributed by atoms with Crippen molar-refractivity contribution in [1.82, 2.24) is 25.4 Å². The SMILES string of the molecule is CCNC(=NCc1ccc(OCCOC)nc1)NCc1ccccc1-n1nc(C)cc1C.I. The predicted molar refractivity (Wildman–Crippen MR) is 142 cm³/mol. The van der Waals surface area contributed by atoms with Gasteiger partial charge in [-0.25, -0.2) is 14.7 Å². The molecule has 0 amide bonds. The fraction of sp³-hybridized carbons (Fsp3) is 0.375. The van der Waals surface area contributed by atoms with Gasteiger partial charge in [0.1, 0.15) is 6.61 Å². The van der Waals surface area contributed by atoms with Gasteiger partial charge in [-0.2, -0.15) is 5.10 Å². The molecule has 0 aliphatic rings. The second-order valence-electron chi connectivity index (χ2n) is 7.36. The van der Waals surface area contributed by atoms with Gasteiger partial charge < -0.3 is 20.1 Å². The lowest BCUT2D eigenvalue weighted by atomic mass is 10.1. The van der Waals surface area contributed by atoms with E-state index in [-0.39, 0.29) is 24.0 Å². The molecule has 0 bridgehead atoms. The fourth-order valence-corrected chi connectivity index (χ4v) is 3.25. The minimum Gasteiger partial charge on any atom is -0.475 e. The lowest BCUT2D eigenvalue weighted by Gasteiger charge is -2.15. The summed E-state index contributed by atoms with van der Waals surface area (Å²) < 4.78 is 12.5. The summed E-state index contributed by atoms with van der Waals surface area (Å²) in [5.74, 6) is 1.33. The summed E-state index contributed by atoms with van der Waals surface area (Å²) in [6.45, 7) is 9.06. The van der Waals surface area contributed by atoms with E-state index in [1.54, 1.807) is 13.3 Å². The number of ether oxygens (including phenoxy) is 2. The number of hydrogen-bond acceptors (Lipinski definition) is 5. The van der Waals surface area contributed by atoms with E-state index in [9.17, 15) is 0 Å². The Morgan fingerprint density at radius 1 is 1.09 bits per heavy atom. The molecule has 0 saturated carbocycles. The van der Waals surface area contributed by atoms with Crippen LogP contribution in [0.2, 0.25) is 0 Å². The number of hydrogen-bond donors (Lipinski definition) is 2. The Bertz CT molecular complexity index is 1020. The van der Waals surface area contributed by atoms with Crippen LogP contribution >= 0.6 is 24.0 Å². The van der Waals surface area contributed by atoms with Crippen LogP contribution in [-0.2, 0) is 17.8 Å². The van der Waals surface area contributed by atoms with Crippen LogP contribution in [0.1, 0.15) is 29.4 Å². The Kier molecular flexibility index (Phi) is 11.1. The van der Waals surface area contributed by atoms with E-state index in [1.165, 1.54) is 0 Å². The third kappa shape index (κ3) is 8.01. The highest BCUT2D eigenvalue weighted by atomic mass is 127. The van der Waals surface area contributed by atoms with Gasteiger partial charge in [0.05, 0.1) is 24.5 Å². The zero-order valence-corrected chi connectivity index (χ0v) is 22.0. The molecule has 3 aromatic rings. The monoisotopic (exact) mass is 564 g/mol. The van der Waals surface area contributed by atoms with E-state index in [2.05, 4.69) is 52.8 Å². The Balaban J connectivity index is 0.00000385. The Labute approximate surface area is 212 Å². The van der Waals surface area contributed by atoms with Crippen molar-refractivity contribution >= 4 is 29.9 Å². The van der Waals surface area contributed by atoms with Crippen LogP contribution in [0.25, 0.3) is 5.69 Å². The summed E-state index contributed by atoms with van der Waals surface area (Å²) in [7, 11) is 1.64. The molecule has 0 saturated heterocycles. The Morgan fingerprint density at radius 2 is 1.91 bits per heavy atom. The molecule has 178 valence electrons. The van der Waals surface area contributed by atoms with E-state index >= 15 is 0 Å². The van der Waals surface area contributed by atoms with Crippen molar-refractivity contribution in [1.29, 1.82) is 0 Å². The number of aliphatic imine (C=N–C) groups is 1. The molecular weight excluding hydrogens is 531 g/mol. The van der Waals surface area contributed by atoms with Crippen molar-refractivity contribution in [2.45, 2.75) is 33.9 Å². The van der Waals surface area contributed by atoms with Gasteiger partial charge in [0, 0.05) is 38.2 Å². The first-order chi connectivity index (χ1) is 15.6. The number of aryl methyl sites for hydroxylation is 2. The molecule has 9 heteroatoms. The number of rotatable bonds is 10. The molecule has 33 heavy (non-hydrogen) atoms. The summed E-state index contributed by atoms with van der Waals surface area (Å²) in [6.07, 6.45) is 1.79. The fourth-order valence-electron chi connectivity index (χ4n) is 3.25. The van der Waals surface area contributed by atoms with E-state index in [1.807, 2.05) is 35.9 Å². The standard InChI is InChI=1S/C24H32N6O2.HI/c1-5-25-24(27-16-20-10-11-23(26-15-20)32-13-12-31-4)28-17-21-8-6-7-9-22(21)30-19(3)14-18(2)29-30;/h6-11,14-15H,5,12-13,16-17H2,1-4H3,(H2,25,27,28);1H. The highest BCUT2D eigenvalue weighted by molar-refractivity contribution is 14.0. The van der Waals surface area contributed by atoms with Crippen molar-refractivity contribution in [3.63, 3.8) is 0 Å². The first-order valence-electron chi connectivity index (χ1n) is 10.8. The van der Waals surface area contributed by atoms with Crippen LogP contribution in [0.5, 0.6) is 5.88 Å². The number of benzene rings is 1. The van der Waals surface area contributed by atoms with Gasteiger partial charge in [-0.1, -0.05) is 24.3 Å². The summed E-state index contributed by atoms with van der Waals surface area (Å²) in [5, 5.41) is 11.4. The largest absolute Gasteiger partial charge is 0.475 e. The minimum absolute atomic E-state index is 0. The summed E-state index contributed by atoms with van der Waals surface area (Å²) in [4.78, 5) is 9.02. The van der Waals surface area contributed by atoms with E-state index < -0.39 is 0 Å². The predicted octanol–water partition coefficient (Wildman–Crippen LogP) is 3.78. The first kappa shape index (κ1) is 26.6. The molecule has 1 aromatic carbocycles. The Hall–Kier alpha value is -2.66. The number of nitrogens with zero attached hydrogens (tertiary/aromatic N) is 4.